The van der Waals surface area contributed by atoms with Gasteiger partial charge in [0.25, 0.3) is 0 Å². The van der Waals surface area contributed by atoms with Gasteiger partial charge in [0.05, 0.1) is 7.11 Å². The summed E-state index contributed by atoms with van der Waals surface area (Å²) in [4.78, 5) is 6.39. The zero-order valence-corrected chi connectivity index (χ0v) is 16.1. The van der Waals surface area contributed by atoms with Crippen LogP contribution < -0.4 is 4.74 Å². The summed E-state index contributed by atoms with van der Waals surface area (Å²) in [5, 5.41) is 1.43. The van der Waals surface area contributed by atoms with E-state index in [4.69, 9.17) is 4.74 Å². The molecule has 138 valence electrons. The van der Waals surface area contributed by atoms with E-state index in [2.05, 4.69) is 59.4 Å². The van der Waals surface area contributed by atoms with Crippen LogP contribution in [0.3, 0.4) is 0 Å². The second-order valence-electron chi connectivity index (χ2n) is 8.80. The number of nitrogens with zero attached hydrogens (tertiary/aromatic N) is 1. The predicted molar refractivity (Wildman–Crippen MR) is 109 cm³/mol. The molecule has 0 spiro atoms. The highest BCUT2D eigenvalue weighted by Crippen LogP contribution is 2.55. The van der Waals surface area contributed by atoms with Crippen molar-refractivity contribution in [2.75, 3.05) is 20.7 Å². The molecule has 3 nitrogen and oxygen atoms in total. The van der Waals surface area contributed by atoms with Crippen molar-refractivity contribution >= 4 is 10.9 Å². The Kier molecular flexibility index (Phi) is 3.14. The number of hydrogen-bond acceptors (Lipinski definition) is 2. The summed E-state index contributed by atoms with van der Waals surface area (Å²) >= 11 is 0. The van der Waals surface area contributed by atoms with Crippen molar-refractivity contribution in [2.24, 2.45) is 5.92 Å². The molecular weight excluding hydrogens is 332 g/mol. The monoisotopic (exact) mass is 358 g/mol. The van der Waals surface area contributed by atoms with E-state index in [0.717, 1.165) is 12.2 Å². The summed E-state index contributed by atoms with van der Waals surface area (Å²) in [6.07, 6.45) is 4.72. The molecule has 1 fully saturated rings. The smallest absolute Gasteiger partial charge is 0.119 e. The molecule has 6 rings (SSSR count). The summed E-state index contributed by atoms with van der Waals surface area (Å²) < 4.78 is 5.61. The van der Waals surface area contributed by atoms with Gasteiger partial charge in [-0.05, 0) is 80.1 Å². The molecule has 1 aromatic heterocycles. The number of likely N-dealkylation sites (N-methyl/N-ethyl adjacent to an activating group) is 1. The van der Waals surface area contributed by atoms with Gasteiger partial charge in [0.1, 0.15) is 5.75 Å². The lowest BCUT2D eigenvalue weighted by Crippen LogP contribution is -2.61. The number of ether oxygens (including phenoxy) is 1. The maximum atomic E-state index is 5.61. The van der Waals surface area contributed by atoms with Crippen molar-refractivity contribution < 1.29 is 4.74 Å². The van der Waals surface area contributed by atoms with E-state index in [1.807, 2.05) is 0 Å². The van der Waals surface area contributed by atoms with Crippen LogP contribution in [-0.4, -0.2) is 36.6 Å². The maximum absolute atomic E-state index is 5.61. The van der Waals surface area contributed by atoms with E-state index < -0.39 is 0 Å². The Morgan fingerprint density at radius 3 is 2.93 bits per heavy atom. The van der Waals surface area contributed by atoms with Crippen molar-refractivity contribution in [3.8, 4) is 5.75 Å². The molecule has 27 heavy (non-hydrogen) atoms. The SMILES string of the molecule is COc1ccc2c(c1)[C@]13CCN(C)[C@H](C2)C1Cc1c([nH]c2ccccc12)C3. The Hall–Kier alpha value is -2.26. The minimum absolute atomic E-state index is 0.243. The fourth-order valence-electron chi connectivity index (χ4n) is 6.41. The van der Waals surface area contributed by atoms with Gasteiger partial charge in [-0.1, -0.05) is 24.3 Å². The highest BCUT2D eigenvalue weighted by atomic mass is 16.5. The fraction of sp³-hybridized carbons (Fsp3) is 0.417. The lowest BCUT2D eigenvalue weighted by molar-refractivity contribution is 0.0240. The second-order valence-corrected chi connectivity index (χ2v) is 8.80. The number of aromatic nitrogens is 1. The number of nitrogens with one attached hydrogen (secondary N) is 1. The van der Waals surface area contributed by atoms with Crippen molar-refractivity contribution in [2.45, 2.75) is 37.1 Å². The minimum Gasteiger partial charge on any atom is -0.497 e. The quantitative estimate of drug-likeness (QED) is 0.710. The van der Waals surface area contributed by atoms with Crippen molar-refractivity contribution in [3.05, 3.63) is 64.8 Å². The number of piperidine rings is 1. The zero-order valence-electron chi connectivity index (χ0n) is 16.1. The van der Waals surface area contributed by atoms with E-state index in [1.165, 1.54) is 48.0 Å². The third-order valence-corrected chi connectivity index (χ3v) is 7.75. The molecule has 1 unspecified atom stereocenters. The maximum Gasteiger partial charge on any atom is 0.119 e. The molecule has 1 saturated heterocycles. The first-order valence-corrected chi connectivity index (χ1v) is 10.2. The molecule has 2 bridgehead atoms. The van der Waals surface area contributed by atoms with Gasteiger partial charge in [-0.15, -0.1) is 0 Å². The number of benzene rings is 2. The Morgan fingerprint density at radius 2 is 2.04 bits per heavy atom. The first kappa shape index (κ1) is 15.8. The molecule has 3 aliphatic rings. The van der Waals surface area contributed by atoms with Crippen LogP contribution in [0.5, 0.6) is 5.75 Å². The molecule has 3 aromatic rings. The average molecular weight is 358 g/mol. The summed E-state index contributed by atoms with van der Waals surface area (Å²) in [5.74, 6) is 1.68. The first-order chi connectivity index (χ1) is 13.2. The molecule has 1 aliphatic heterocycles. The Balaban J connectivity index is 1.59. The normalized spacial score (nSPS) is 29.1. The van der Waals surface area contributed by atoms with Gasteiger partial charge in [-0.25, -0.2) is 0 Å². The van der Waals surface area contributed by atoms with Crippen LogP contribution in [0.1, 0.15) is 28.8 Å². The van der Waals surface area contributed by atoms with Gasteiger partial charge < -0.3 is 14.6 Å². The van der Waals surface area contributed by atoms with Crippen LogP contribution >= 0.6 is 0 Å². The van der Waals surface area contributed by atoms with Gasteiger partial charge in [0.15, 0.2) is 0 Å². The fourth-order valence-corrected chi connectivity index (χ4v) is 6.41. The number of fused-ring (bicyclic) bond motifs is 4. The number of H-pyrrole nitrogens is 1. The van der Waals surface area contributed by atoms with Gasteiger partial charge in [-0.3, -0.25) is 0 Å². The zero-order chi connectivity index (χ0) is 18.2. The highest BCUT2D eigenvalue weighted by molar-refractivity contribution is 5.85. The Morgan fingerprint density at radius 1 is 1.15 bits per heavy atom. The summed E-state index contributed by atoms with van der Waals surface area (Å²) in [7, 11) is 4.11. The third-order valence-electron chi connectivity index (χ3n) is 7.75. The van der Waals surface area contributed by atoms with Crippen LogP contribution in [0.25, 0.3) is 10.9 Å². The van der Waals surface area contributed by atoms with Crippen LogP contribution in [-0.2, 0) is 24.7 Å². The van der Waals surface area contributed by atoms with Crippen molar-refractivity contribution in [1.29, 1.82) is 0 Å². The lowest BCUT2D eigenvalue weighted by Gasteiger charge is -2.58. The summed E-state index contributed by atoms with van der Waals surface area (Å²) in [6, 6.07) is 16.3. The van der Waals surface area contributed by atoms with Gasteiger partial charge in [0, 0.05) is 28.1 Å². The second kappa shape index (κ2) is 5.39. The molecule has 2 heterocycles. The Labute approximate surface area is 160 Å². The molecule has 0 amide bonds. The number of aromatic amines is 1. The molecule has 3 atom stereocenters. The Bertz CT molecular complexity index is 1050. The molecule has 0 saturated carbocycles. The largest absolute Gasteiger partial charge is 0.497 e. The molecular formula is C24H26N2O. The number of rotatable bonds is 1. The van der Waals surface area contributed by atoms with E-state index >= 15 is 0 Å². The van der Waals surface area contributed by atoms with Gasteiger partial charge >= 0.3 is 0 Å². The number of methoxy groups -OCH3 is 1. The predicted octanol–water partition coefficient (Wildman–Crippen LogP) is 4.09. The van der Waals surface area contributed by atoms with Gasteiger partial charge in [-0.2, -0.15) is 0 Å². The molecule has 2 aromatic carbocycles. The molecule has 1 N–H and O–H groups in total. The summed E-state index contributed by atoms with van der Waals surface area (Å²) in [5.41, 5.74) is 7.66. The number of likely N-dealkylation sites (tertiary alicyclic amines) is 1. The molecule has 0 radical (unpaired) electrons. The van der Waals surface area contributed by atoms with Crippen LogP contribution in [0.2, 0.25) is 0 Å². The third kappa shape index (κ3) is 2.01. The highest BCUT2D eigenvalue weighted by Gasteiger charge is 2.54. The van der Waals surface area contributed by atoms with Crippen LogP contribution in [0, 0.1) is 5.92 Å². The lowest BCUT2D eigenvalue weighted by atomic mass is 9.52. The summed E-state index contributed by atoms with van der Waals surface area (Å²) in [6.45, 7) is 1.19. The molecule has 3 heteroatoms. The molecule has 2 aliphatic carbocycles. The van der Waals surface area contributed by atoms with E-state index in [9.17, 15) is 0 Å². The van der Waals surface area contributed by atoms with Crippen LogP contribution in [0.4, 0.5) is 0 Å². The minimum atomic E-state index is 0.243. The topological polar surface area (TPSA) is 28.3 Å². The van der Waals surface area contributed by atoms with Crippen molar-refractivity contribution in [1.82, 2.24) is 9.88 Å². The number of para-hydroxylation sites is 1. The van der Waals surface area contributed by atoms with E-state index in [-0.39, 0.29) is 5.41 Å². The van der Waals surface area contributed by atoms with E-state index in [1.54, 1.807) is 18.2 Å². The number of hydrogen-bond donors (Lipinski definition) is 1. The van der Waals surface area contributed by atoms with Gasteiger partial charge in [0.2, 0.25) is 0 Å². The van der Waals surface area contributed by atoms with E-state index in [0.29, 0.717) is 12.0 Å². The first-order valence-electron chi connectivity index (χ1n) is 10.2. The van der Waals surface area contributed by atoms with Crippen LogP contribution in [0.15, 0.2) is 42.5 Å². The average Bonchev–Trinajstić information content (AvgIpc) is 3.06. The standard InChI is InChI=1S/C24H26N2O/c1-26-10-9-24-14-22-18(17-5-3-4-6-21(17)25-22)13-20(24)23(26)11-15-7-8-16(27-2)12-19(15)24/h3-8,12,20,23,25H,9-11,13-14H2,1-2H3/t20?,23-,24-/m1/s1. The van der Waals surface area contributed by atoms with Crippen molar-refractivity contribution in [3.63, 3.8) is 0 Å².